The summed E-state index contributed by atoms with van der Waals surface area (Å²) in [5.74, 6) is 1.51. The number of rotatable bonds is 6. The molecule has 2 fully saturated rings. The van der Waals surface area contributed by atoms with Gasteiger partial charge in [-0.15, -0.1) is 0 Å². The summed E-state index contributed by atoms with van der Waals surface area (Å²) < 4.78 is 7.82. The van der Waals surface area contributed by atoms with Crippen LogP contribution in [0, 0.1) is 5.92 Å². The zero-order valence-corrected chi connectivity index (χ0v) is 14.9. The lowest BCUT2D eigenvalue weighted by Gasteiger charge is -2.22. The van der Waals surface area contributed by atoms with Crippen LogP contribution in [0.25, 0.3) is 0 Å². The summed E-state index contributed by atoms with van der Waals surface area (Å²) in [6, 6.07) is 2.23. The molecule has 0 radical (unpaired) electrons. The lowest BCUT2D eigenvalue weighted by atomic mass is 10.2. The molecule has 1 aliphatic heterocycles. The van der Waals surface area contributed by atoms with E-state index in [1.165, 1.54) is 12.8 Å². The maximum Gasteiger partial charge on any atom is 0.323 e. The number of carbonyl (C=O) groups is 1. The van der Waals surface area contributed by atoms with Crippen LogP contribution in [0.1, 0.15) is 58.4 Å². The number of aromatic nitrogens is 2. The maximum absolute atomic E-state index is 12.6. The molecular formula is C18H30N4O2. The summed E-state index contributed by atoms with van der Waals surface area (Å²) in [7, 11) is 0. The van der Waals surface area contributed by atoms with Crippen LogP contribution in [-0.2, 0) is 4.74 Å². The molecule has 1 saturated heterocycles. The van der Waals surface area contributed by atoms with Gasteiger partial charge in [0.25, 0.3) is 0 Å². The topological polar surface area (TPSA) is 59.4 Å². The minimum absolute atomic E-state index is 0.0177. The Labute approximate surface area is 144 Å². The molecule has 6 heteroatoms. The van der Waals surface area contributed by atoms with Crippen LogP contribution < -0.4 is 5.32 Å². The summed E-state index contributed by atoms with van der Waals surface area (Å²) in [6.07, 6.45) is 8.60. The fourth-order valence-electron chi connectivity index (χ4n) is 3.42. The molecule has 1 N–H and O–H groups in total. The van der Waals surface area contributed by atoms with Crippen LogP contribution in [-0.4, -0.2) is 46.5 Å². The van der Waals surface area contributed by atoms with Gasteiger partial charge in [0.1, 0.15) is 5.82 Å². The summed E-state index contributed by atoms with van der Waals surface area (Å²) in [5, 5.41) is 7.46. The first-order valence-corrected chi connectivity index (χ1v) is 9.40. The number of anilines is 1. The predicted molar refractivity (Wildman–Crippen MR) is 94.1 cm³/mol. The average molecular weight is 334 g/mol. The number of nitrogens with zero attached hydrogens (tertiary/aromatic N) is 3. The molecule has 1 saturated carbocycles. The monoisotopic (exact) mass is 334 g/mol. The van der Waals surface area contributed by atoms with Gasteiger partial charge in [-0.05, 0) is 51.4 Å². The number of ether oxygens (including phenoxy) is 1. The highest BCUT2D eigenvalue weighted by atomic mass is 16.5. The van der Waals surface area contributed by atoms with Crippen LogP contribution in [0.3, 0.4) is 0 Å². The second-order valence-electron chi connectivity index (χ2n) is 7.08. The number of amides is 2. The second kappa shape index (κ2) is 8.01. The first-order chi connectivity index (χ1) is 11.7. The molecule has 0 aromatic carbocycles. The van der Waals surface area contributed by atoms with E-state index >= 15 is 0 Å². The van der Waals surface area contributed by atoms with Crippen LogP contribution >= 0.6 is 0 Å². The minimum atomic E-state index is -0.0177. The maximum atomic E-state index is 12.6. The highest BCUT2D eigenvalue weighted by Gasteiger charge is 2.31. The van der Waals surface area contributed by atoms with Crippen molar-refractivity contribution in [1.29, 1.82) is 0 Å². The smallest absolute Gasteiger partial charge is 0.323 e. The van der Waals surface area contributed by atoms with Gasteiger partial charge in [0.2, 0.25) is 0 Å². The zero-order chi connectivity index (χ0) is 16.9. The molecule has 24 heavy (non-hydrogen) atoms. The average Bonchev–Trinajstić information content (AvgIpc) is 3.37. The van der Waals surface area contributed by atoms with E-state index in [2.05, 4.69) is 24.3 Å². The Morgan fingerprint density at radius 1 is 1.38 bits per heavy atom. The van der Waals surface area contributed by atoms with Crippen molar-refractivity contribution >= 4 is 11.8 Å². The lowest BCUT2D eigenvalue weighted by molar-refractivity contribution is 0.0446. The Hall–Kier alpha value is -1.56. The van der Waals surface area contributed by atoms with Crippen molar-refractivity contribution in [3.8, 4) is 0 Å². The molecule has 2 atom stereocenters. The van der Waals surface area contributed by atoms with Crippen molar-refractivity contribution in [1.82, 2.24) is 14.7 Å². The normalized spacial score (nSPS) is 22.9. The van der Waals surface area contributed by atoms with Crippen molar-refractivity contribution in [3.63, 3.8) is 0 Å². The molecule has 0 bridgehead atoms. The van der Waals surface area contributed by atoms with Crippen molar-refractivity contribution in [2.75, 3.05) is 25.0 Å². The molecule has 1 aromatic heterocycles. The molecule has 2 heterocycles. The van der Waals surface area contributed by atoms with Gasteiger partial charge in [0.05, 0.1) is 18.3 Å². The van der Waals surface area contributed by atoms with Crippen LogP contribution in [0.5, 0.6) is 0 Å². The molecular weight excluding hydrogens is 304 g/mol. The Kier molecular flexibility index (Phi) is 5.76. The Balaban J connectivity index is 1.54. The summed E-state index contributed by atoms with van der Waals surface area (Å²) >= 11 is 0. The summed E-state index contributed by atoms with van der Waals surface area (Å²) in [4.78, 5) is 14.5. The van der Waals surface area contributed by atoms with Gasteiger partial charge in [-0.3, -0.25) is 5.32 Å². The molecule has 3 rings (SSSR count). The Bertz CT molecular complexity index is 541. The zero-order valence-electron chi connectivity index (χ0n) is 14.9. The van der Waals surface area contributed by atoms with Crippen molar-refractivity contribution < 1.29 is 9.53 Å². The molecule has 2 unspecified atom stereocenters. The Morgan fingerprint density at radius 3 is 2.96 bits per heavy atom. The summed E-state index contributed by atoms with van der Waals surface area (Å²) in [5.41, 5.74) is 0. The van der Waals surface area contributed by atoms with Gasteiger partial charge in [0.15, 0.2) is 0 Å². The number of nitrogens with one attached hydrogen (secondary N) is 1. The number of likely N-dealkylation sites (tertiary alicyclic amines) is 1. The molecule has 2 amide bonds. The lowest BCUT2D eigenvalue weighted by Crippen LogP contribution is -2.36. The number of hydrogen-bond donors (Lipinski definition) is 1. The van der Waals surface area contributed by atoms with Crippen LogP contribution in [0.15, 0.2) is 12.3 Å². The van der Waals surface area contributed by atoms with E-state index < -0.39 is 0 Å². The Morgan fingerprint density at radius 2 is 2.21 bits per heavy atom. The molecule has 0 spiro atoms. The van der Waals surface area contributed by atoms with Gasteiger partial charge in [-0.1, -0.05) is 6.92 Å². The fourth-order valence-corrected chi connectivity index (χ4v) is 3.42. The standard InChI is InChI=1S/C18H30N4O2/c1-3-13-24-16-5-4-11-21(12-9-16)18(23)20-17-8-10-19-22(17)14(2)15-6-7-15/h8,10,14-16H,3-7,9,11-13H2,1-2H3,(H,20,23). The molecule has 1 aromatic rings. The first-order valence-electron chi connectivity index (χ1n) is 9.40. The second-order valence-corrected chi connectivity index (χ2v) is 7.08. The molecule has 2 aliphatic rings. The molecule has 6 nitrogen and oxygen atoms in total. The van der Waals surface area contributed by atoms with Crippen molar-refractivity contribution in [3.05, 3.63) is 12.3 Å². The highest BCUT2D eigenvalue weighted by Crippen LogP contribution is 2.40. The third-order valence-corrected chi connectivity index (χ3v) is 5.12. The van der Waals surface area contributed by atoms with Crippen LogP contribution in [0.2, 0.25) is 0 Å². The van der Waals surface area contributed by atoms with Gasteiger partial charge in [0, 0.05) is 25.8 Å². The molecule has 1 aliphatic carbocycles. The van der Waals surface area contributed by atoms with Gasteiger partial charge in [-0.2, -0.15) is 5.10 Å². The fraction of sp³-hybridized carbons (Fsp3) is 0.778. The van der Waals surface area contributed by atoms with Gasteiger partial charge < -0.3 is 9.64 Å². The third-order valence-electron chi connectivity index (χ3n) is 5.12. The third kappa shape index (κ3) is 4.29. The number of hydrogen-bond acceptors (Lipinski definition) is 3. The largest absolute Gasteiger partial charge is 0.378 e. The van der Waals surface area contributed by atoms with Crippen molar-refractivity contribution in [2.45, 2.75) is 64.5 Å². The van der Waals surface area contributed by atoms with E-state index in [1.807, 2.05) is 15.6 Å². The van der Waals surface area contributed by atoms with E-state index in [1.54, 1.807) is 6.20 Å². The minimum Gasteiger partial charge on any atom is -0.378 e. The number of urea groups is 1. The van der Waals surface area contributed by atoms with Crippen LogP contribution in [0.4, 0.5) is 10.6 Å². The highest BCUT2D eigenvalue weighted by molar-refractivity contribution is 5.88. The van der Waals surface area contributed by atoms with Gasteiger partial charge in [-0.25, -0.2) is 9.48 Å². The van der Waals surface area contributed by atoms with E-state index in [-0.39, 0.29) is 6.03 Å². The van der Waals surface area contributed by atoms with E-state index in [9.17, 15) is 4.79 Å². The van der Waals surface area contributed by atoms with Crippen molar-refractivity contribution in [2.24, 2.45) is 5.92 Å². The molecule has 134 valence electrons. The SMILES string of the molecule is CCCOC1CCCN(C(=O)Nc2ccnn2C(C)C2CC2)CC1. The van der Waals surface area contributed by atoms with E-state index in [0.29, 0.717) is 18.1 Å². The number of carbonyl (C=O) groups excluding carboxylic acids is 1. The van der Waals surface area contributed by atoms with E-state index in [4.69, 9.17) is 4.74 Å². The van der Waals surface area contributed by atoms with E-state index in [0.717, 1.165) is 51.2 Å². The predicted octanol–water partition coefficient (Wildman–Crippen LogP) is 3.67. The first kappa shape index (κ1) is 17.3. The summed E-state index contributed by atoms with van der Waals surface area (Å²) in [6.45, 7) is 6.68. The quantitative estimate of drug-likeness (QED) is 0.863. The van der Waals surface area contributed by atoms with Gasteiger partial charge >= 0.3 is 6.03 Å².